The van der Waals surface area contributed by atoms with Crippen LogP contribution in [0.1, 0.15) is 18.3 Å². The molecule has 0 saturated heterocycles. The standard InChI is InChI=1S/C21H21FN4O3/c1-13-11-17(26-25-13)12-20(27)23-14(2)21(28)24-16-5-9-19(10-6-16)29-18-7-3-15(22)4-8-18/h3-11,14H,12H2,1-2H3,(H,23,27)(H,24,28)(H,25,26). The number of rotatable bonds is 7. The maximum Gasteiger partial charge on any atom is 0.246 e. The van der Waals surface area contributed by atoms with E-state index < -0.39 is 6.04 Å². The molecule has 1 heterocycles. The van der Waals surface area contributed by atoms with E-state index in [1.807, 2.05) is 6.92 Å². The number of benzene rings is 2. The average Bonchev–Trinajstić information content (AvgIpc) is 3.09. The van der Waals surface area contributed by atoms with Gasteiger partial charge in [-0.1, -0.05) is 0 Å². The van der Waals surface area contributed by atoms with E-state index in [2.05, 4.69) is 20.8 Å². The van der Waals surface area contributed by atoms with Crippen molar-refractivity contribution in [3.05, 3.63) is 71.8 Å². The molecule has 3 N–H and O–H groups in total. The number of carbonyl (C=O) groups is 2. The Bertz CT molecular complexity index is 984. The molecule has 3 rings (SSSR count). The van der Waals surface area contributed by atoms with Crippen LogP contribution in [0, 0.1) is 12.7 Å². The van der Waals surface area contributed by atoms with E-state index in [0.717, 1.165) is 5.69 Å². The first-order chi connectivity index (χ1) is 13.9. The van der Waals surface area contributed by atoms with Gasteiger partial charge in [0, 0.05) is 11.4 Å². The molecule has 0 spiro atoms. The van der Waals surface area contributed by atoms with Gasteiger partial charge in [0.2, 0.25) is 11.8 Å². The van der Waals surface area contributed by atoms with Crippen molar-refractivity contribution in [1.29, 1.82) is 0 Å². The predicted octanol–water partition coefficient (Wildman–Crippen LogP) is 3.34. The zero-order chi connectivity index (χ0) is 20.8. The summed E-state index contributed by atoms with van der Waals surface area (Å²) in [6, 6.07) is 13.5. The maximum absolute atomic E-state index is 12.9. The van der Waals surface area contributed by atoms with Crippen molar-refractivity contribution in [1.82, 2.24) is 15.5 Å². The van der Waals surface area contributed by atoms with E-state index >= 15 is 0 Å². The van der Waals surface area contributed by atoms with Gasteiger partial charge in [-0.25, -0.2) is 4.39 Å². The summed E-state index contributed by atoms with van der Waals surface area (Å²) in [5.41, 5.74) is 2.04. The predicted molar refractivity (Wildman–Crippen MR) is 106 cm³/mol. The lowest BCUT2D eigenvalue weighted by atomic mass is 10.2. The van der Waals surface area contributed by atoms with E-state index in [4.69, 9.17) is 4.74 Å². The highest BCUT2D eigenvalue weighted by atomic mass is 19.1. The van der Waals surface area contributed by atoms with Crippen molar-refractivity contribution < 1.29 is 18.7 Å². The van der Waals surface area contributed by atoms with Crippen LogP contribution in [0.15, 0.2) is 54.6 Å². The van der Waals surface area contributed by atoms with E-state index in [9.17, 15) is 14.0 Å². The lowest BCUT2D eigenvalue weighted by molar-refractivity contribution is -0.125. The molecule has 0 bridgehead atoms. The highest BCUT2D eigenvalue weighted by Gasteiger charge is 2.16. The third-order valence-corrected chi connectivity index (χ3v) is 4.05. The Hall–Kier alpha value is -3.68. The Morgan fingerprint density at radius 1 is 1.10 bits per heavy atom. The normalized spacial score (nSPS) is 11.6. The fourth-order valence-corrected chi connectivity index (χ4v) is 2.59. The zero-order valence-corrected chi connectivity index (χ0v) is 16.0. The van der Waals surface area contributed by atoms with Crippen LogP contribution in [0.3, 0.4) is 0 Å². The molecule has 2 aromatic carbocycles. The van der Waals surface area contributed by atoms with Crippen molar-refractivity contribution in [2.45, 2.75) is 26.3 Å². The quantitative estimate of drug-likeness (QED) is 0.571. The molecule has 0 saturated carbocycles. The largest absolute Gasteiger partial charge is 0.457 e. The molecule has 0 radical (unpaired) electrons. The topological polar surface area (TPSA) is 96.1 Å². The Kier molecular flexibility index (Phi) is 6.23. The van der Waals surface area contributed by atoms with E-state index in [1.165, 1.54) is 24.3 Å². The third-order valence-electron chi connectivity index (χ3n) is 4.05. The summed E-state index contributed by atoms with van der Waals surface area (Å²) in [5.74, 6) is 0.0970. The Morgan fingerprint density at radius 3 is 2.31 bits per heavy atom. The second-order valence-corrected chi connectivity index (χ2v) is 6.57. The number of aryl methyl sites for hydroxylation is 1. The molecular formula is C21H21FN4O3. The molecule has 2 amide bonds. The van der Waals surface area contributed by atoms with Gasteiger partial charge in [0.25, 0.3) is 0 Å². The molecule has 1 atom stereocenters. The van der Waals surface area contributed by atoms with Crippen molar-refractivity contribution in [2.75, 3.05) is 5.32 Å². The summed E-state index contributed by atoms with van der Waals surface area (Å²) in [6.07, 6.45) is 0.119. The number of carbonyl (C=O) groups excluding carboxylic acids is 2. The summed E-state index contributed by atoms with van der Waals surface area (Å²) in [7, 11) is 0. The van der Waals surface area contributed by atoms with Crippen molar-refractivity contribution in [2.24, 2.45) is 0 Å². The van der Waals surface area contributed by atoms with Gasteiger partial charge in [-0.15, -0.1) is 0 Å². The van der Waals surface area contributed by atoms with Crippen LogP contribution in [-0.2, 0) is 16.0 Å². The molecule has 150 valence electrons. The second kappa shape index (κ2) is 9.01. The first-order valence-corrected chi connectivity index (χ1v) is 9.03. The fraction of sp³-hybridized carbons (Fsp3) is 0.190. The molecule has 8 heteroatoms. The van der Waals surface area contributed by atoms with Gasteiger partial charge in [-0.2, -0.15) is 5.10 Å². The lowest BCUT2D eigenvalue weighted by Crippen LogP contribution is -2.42. The zero-order valence-electron chi connectivity index (χ0n) is 16.0. The number of hydrogen-bond acceptors (Lipinski definition) is 4. The van der Waals surface area contributed by atoms with Crippen LogP contribution in [0.25, 0.3) is 0 Å². The summed E-state index contributed by atoms with van der Waals surface area (Å²) in [4.78, 5) is 24.3. The molecule has 29 heavy (non-hydrogen) atoms. The van der Waals surface area contributed by atoms with Gasteiger partial charge in [0.1, 0.15) is 23.4 Å². The number of ether oxygens (including phenoxy) is 1. The molecule has 0 aliphatic heterocycles. The summed E-state index contributed by atoms with van der Waals surface area (Å²) < 4.78 is 18.5. The minimum absolute atomic E-state index is 0.119. The van der Waals surface area contributed by atoms with Gasteiger partial charge in [-0.05, 0) is 68.4 Å². The maximum atomic E-state index is 12.9. The Balaban J connectivity index is 1.50. The molecule has 1 aromatic heterocycles. The number of halogens is 1. The molecule has 1 unspecified atom stereocenters. The van der Waals surface area contributed by atoms with Gasteiger partial charge >= 0.3 is 0 Å². The Labute approximate surface area is 167 Å². The van der Waals surface area contributed by atoms with Crippen LogP contribution in [0.2, 0.25) is 0 Å². The number of H-pyrrole nitrogens is 1. The van der Waals surface area contributed by atoms with Crippen LogP contribution < -0.4 is 15.4 Å². The molecule has 0 aliphatic carbocycles. The molecule has 7 nitrogen and oxygen atoms in total. The number of aromatic nitrogens is 2. The van der Waals surface area contributed by atoms with Crippen molar-refractivity contribution >= 4 is 17.5 Å². The van der Waals surface area contributed by atoms with Crippen LogP contribution in [0.5, 0.6) is 11.5 Å². The first kappa shape index (κ1) is 20.1. The highest BCUT2D eigenvalue weighted by molar-refractivity contribution is 5.97. The number of anilines is 1. The SMILES string of the molecule is Cc1cc(CC(=O)NC(C)C(=O)Nc2ccc(Oc3ccc(F)cc3)cc2)[nH]n1. The summed E-state index contributed by atoms with van der Waals surface area (Å²) >= 11 is 0. The molecule has 0 fully saturated rings. The van der Waals surface area contributed by atoms with Gasteiger partial charge in [-0.3, -0.25) is 14.7 Å². The highest BCUT2D eigenvalue weighted by Crippen LogP contribution is 2.23. The van der Waals surface area contributed by atoms with Crippen LogP contribution in [0.4, 0.5) is 10.1 Å². The number of amides is 2. The monoisotopic (exact) mass is 396 g/mol. The van der Waals surface area contributed by atoms with Crippen LogP contribution >= 0.6 is 0 Å². The second-order valence-electron chi connectivity index (χ2n) is 6.57. The minimum atomic E-state index is -0.707. The van der Waals surface area contributed by atoms with Gasteiger partial charge in [0.15, 0.2) is 0 Å². The third kappa shape index (κ3) is 5.90. The van der Waals surface area contributed by atoms with E-state index in [1.54, 1.807) is 37.3 Å². The lowest BCUT2D eigenvalue weighted by Gasteiger charge is -2.14. The van der Waals surface area contributed by atoms with E-state index in [-0.39, 0.29) is 24.1 Å². The van der Waals surface area contributed by atoms with E-state index in [0.29, 0.717) is 22.9 Å². The fourth-order valence-electron chi connectivity index (χ4n) is 2.59. The van der Waals surface area contributed by atoms with Crippen molar-refractivity contribution in [3.63, 3.8) is 0 Å². The smallest absolute Gasteiger partial charge is 0.246 e. The molecule has 0 aliphatic rings. The number of nitrogens with one attached hydrogen (secondary N) is 3. The van der Waals surface area contributed by atoms with Gasteiger partial charge < -0.3 is 15.4 Å². The molecular weight excluding hydrogens is 375 g/mol. The first-order valence-electron chi connectivity index (χ1n) is 9.03. The Morgan fingerprint density at radius 2 is 1.72 bits per heavy atom. The average molecular weight is 396 g/mol. The number of aromatic amines is 1. The van der Waals surface area contributed by atoms with Gasteiger partial charge in [0.05, 0.1) is 12.1 Å². The summed E-state index contributed by atoms with van der Waals surface area (Å²) in [6.45, 7) is 3.43. The minimum Gasteiger partial charge on any atom is -0.457 e. The molecule has 3 aromatic rings. The number of hydrogen-bond donors (Lipinski definition) is 3. The number of nitrogens with zero attached hydrogens (tertiary/aromatic N) is 1. The van der Waals surface area contributed by atoms with Crippen LogP contribution in [-0.4, -0.2) is 28.1 Å². The van der Waals surface area contributed by atoms with Crippen molar-refractivity contribution in [3.8, 4) is 11.5 Å². The summed E-state index contributed by atoms with van der Waals surface area (Å²) in [5, 5.41) is 12.1.